The van der Waals surface area contributed by atoms with Crippen molar-refractivity contribution in [3.05, 3.63) is 59.7 Å². The van der Waals surface area contributed by atoms with E-state index in [2.05, 4.69) is 17.4 Å². The molecule has 0 bridgehead atoms. The molecule has 4 rings (SSSR count). The van der Waals surface area contributed by atoms with Crippen molar-refractivity contribution in [2.45, 2.75) is 36.5 Å². The van der Waals surface area contributed by atoms with Crippen molar-refractivity contribution in [2.75, 3.05) is 18.4 Å². The zero-order valence-electron chi connectivity index (χ0n) is 14.5. The molecule has 2 aliphatic heterocycles. The Labute approximate surface area is 154 Å². The molecule has 2 aromatic carbocycles. The van der Waals surface area contributed by atoms with Gasteiger partial charge in [0.15, 0.2) is 0 Å². The average Bonchev–Trinajstić information content (AvgIpc) is 2.68. The van der Waals surface area contributed by atoms with E-state index in [4.69, 9.17) is 0 Å². The van der Waals surface area contributed by atoms with Gasteiger partial charge in [-0.1, -0.05) is 30.3 Å². The third-order valence-corrected chi connectivity index (χ3v) is 7.13. The van der Waals surface area contributed by atoms with Crippen LogP contribution in [0.2, 0.25) is 0 Å². The zero-order chi connectivity index (χ0) is 18.1. The Bertz CT molecular complexity index is 925. The molecule has 2 heterocycles. The van der Waals surface area contributed by atoms with Gasteiger partial charge in [-0.3, -0.25) is 4.79 Å². The van der Waals surface area contributed by atoms with E-state index in [0.29, 0.717) is 30.8 Å². The van der Waals surface area contributed by atoms with Crippen molar-refractivity contribution in [2.24, 2.45) is 0 Å². The summed E-state index contributed by atoms with van der Waals surface area (Å²) in [4.78, 5) is 11.8. The van der Waals surface area contributed by atoms with Crippen LogP contribution in [-0.4, -0.2) is 31.7 Å². The molecule has 0 unspecified atom stereocenters. The number of nitrogens with one attached hydrogen (secondary N) is 1. The van der Waals surface area contributed by atoms with Crippen molar-refractivity contribution < 1.29 is 13.2 Å². The molecule has 0 saturated carbocycles. The highest BCUT2D eigenvalue weighted by Crippen LogP contribution is 2.32. The average molecular weight is 370 g/mol. The number of amides is 1. The van der Waals surface area contributed by atoms with E-state index in [9.17, 15) is 13.2 Å². The highest BCUT2D eigenvalue weighted by Gasteiger charge is 2.31. The molecule has 1 amide bonds. The number of carbonyl (C=O) groups is 1. The van der Waals surface area contributed by atoms with Gasteiger partial charge in [-0.25, -0.2) is 8.42 Å². The van der Waals surface area contributed by atoms with Crippen LogP contribution in [0.25, 0.3) is 0 Å². The van der Waals surface area contributed by atoms with Crippen LogP contribution in [0.4, 0.5) is 5.69 Å². The number of rotatable bonds is 3. The van der Waals surface area contributed by atoms with Crippen LogP contribution in [0.3, 0.4) is 0 Å². The van der Waals surface area contributed by atoms with Crippen molar-refractivity contribution in [1.82, 2.24) is 4.31 Å². The van der Waals surface area contributed by atoms with Gasteiger partial charge in [0.25, 0.3) is 0 Å². The normalized spacial score (nSPS) is 21.1. The van der Waals surface area contributed by atoms with E-state index in [1.807, 2.05) is 18.2 Å². The molecule has 1 N–H and O–H groups in total. The van der Waals surface area contributed by atoms with Gasteiger partial charge in [-0.15, -0.1) is 0 Å². The van der Waals surface area contributed by atoms with Gasteiger partial charge in [0.1, 0.15) is 0 Å². The minimum absolute atomic E-state index is 0.0187. The first-order valence-electron chi connectivity index (χ1n) is 9.02. The van der Waals surface area contributed by atoms with Crippen molar-refractivity contribution in [3.63, 3.8) is 0 Å². The zero-order valence-corrected chi connectivity index (χ0v) is 15.3. The van der Waals surface area contributed by atoms with Gasteiger partial charge < -0.3 is 5.32 Å². The third kappa shape index (κ3) is 3.27. The Morgan fingerprint density at radius 1 is 1.04 bits per heavy atom. The number of sulfonamides is 1. The molecule has 5 nitrogen and oxygen atoms in total. The third-order valence-electron chi connectivity index (χ3n) is 5.27. The number of fused-ring (bicyclic) bond motifs is 1. The molecular formula is C20H22N2O3S. The fourth-order valence-electron chi connectivity index (χ4n) is 3.83. The molecule has 2 aliphatic rings. The standard InChI is InChI=1S/C20H22N2O3S/c23-20-11-8-16-13-18(9-10-19(16)21-20)26(24,25)22-12-4-7-17(14-22)15-5-2-1-3-6-15/h1-3,5-6,9-10,13,17H,4,7-8,11-12,14H2,(H,21,23)/t17-/m1/s1. The summed E-state index contributed by atoms with van der Waals surface area (Å²) in [6.45, 7) is 1.07. The van der Waals surface area contributed by atoms with Gasteiger partial charge in [0, 0.05) is 25.2 Å². The minimum atomic E-state index is -3.53. The summed E-state index contributed by atoms with van der Waals surface area (Å²) >= 11 is 0. The summed E-state index contributed by atoms with van der Waals surface area (Å²) in [6.07, 6.45) is 2.85. The summed E-state index contributed by atoms with van der Waals surface area (Å²) in [5.41, 5.74) is 2.81. The summed E-state index contributed by atoms with van der Waals surface area (Å²) in [5, 5.41) is 2.80. The minimum Gasteiger partial charge on any atom is -0.326 e. The topological polar surface area (TPSA) is 66.5 Å². The SMILES string of the molecule is O=C1CCc2cc(S(=O)(=O)N3CCC[C@@H](c4ccccc4)C3)ccc2N1. The molecule has 136 valence electrons. The Morgan fingerprint density at radius 3 is 2.65 bits per heavy atom. The Kier molecular flexibility index (Phi) is 4.54. The van der Waals surface area contributed by atoms with Gasteiger partial charge in [-0.05, 0) is 54.5 Å². The number of hydrogen-bond donors (Lipinski definition) is 1. The lowest BCUT2D eigenvalue weighted by Gasteiger charge is -2.32. The maximum Gasteiger partial charge on any atom is 0.243 e. The highest BCUT2D eigenvalue weighted by molar-refractivity contribution is 7.89. The quantitative estimate of drug-likeness (QED) is 0.903. The maximum atomic E-state index is 13.2. The number of aryl methyl sites for hydroxylation is 1. The summed E-state index contributed by atoms with van der Waals surface area (Å²) < 4.78 is 27.9. The van der Waals surface area contributed by atoms with Crippen LogP contribution in [0.1, 0.15) is 36.3 Å². The van der Waals surface area contributed by atoms with E-state index in [0.717, 1.165) is 24.1 Å². The largest absolute Gasteiger partial charge is 0.326 e. The summed E-state index contributed by atoms with van der Waals surface area (Å²) in [6, 6.07) is 15.2. The van der Waals surface area contributed by atoms with Crippen molar-refractivity contribution in [3.8, 4) is 0 Å². The fraction of sp³-hybridized carbons (Fsp3) is 0.350. The van der Waals surface area contributed by atoms with Gasteiger partial charge in [0.05, 0.1) is 4.90 Å². The van der Waals surface area contributed by atoms with E-state index < -0.39 is 10.0 Å². The first-order valence-corrected chi connectivity index (χ1v) is 10.5. The van der Waals surface area contributed by atoms with E-state index in [-0.39, 0.29) is 11.8 Å². The lowest BCUT2D eigenvalue weighted by molar-refractivity contribution is -0.116. The molecule has 26 heavy (non-hydrogen) atoms. The smallest absolute Gasteiger partial charge is 0.243 e. The predicted octanol–water partition coefficient (Wildman–Crippen LogP) is 3.14. The predicted molar refractivity (Wildman–Crippen MR) is 101 cm³/mol. The number of anilines is 1. The van der Waals surface area contributed by atoms with E-state index in [1.165, 1.54) is 5.56 Å². The molecule has 2 aromatic rings. The second-order valence-electron chi connectivity index (χ2n) is 6.98. The molecule has 0 spiro atoms. The second kappa shape index (κ2) is 6.85. The van der Waals surface area contributed by atoms with E-state index >= 15 is 0 Å². The van der Waals surface area contributed by atoms with Crippen LogP contribution < -0.4 is 5.32 Å². The molecule has 1 saturated heterocycles. The number of benzene rings is 2. The number of piperidine rings is 1. The van der Waals surface area contributed by atoms with Crippen LogP contribution in [0, 0.1) is 0 Å². The lowest BCUT2D eigenvalue weighted by atomic mass is 9.92. The first-order chi connectivity index (χ1) is 12.5. The number of carbonyl (C=O) groups excluding carboxylic acids is 1. The fourth-order valence-corrected chi connectivity index (χ4v) is 5.40. The first kappa shape index (κ1) is 17.2. The molecular weight excluding hydrogens is 348 g/mol. The molecule has 0 radical (unpaired) electrons. The Hall–Kier alpha value is -2.18. The molecule has 0 aromatic heterocycles. The van der Waals surface area contributed by atoms with Crippen molar-refractivity contribution >= 4 is 21.6 Å². The monoisotopic (exact) mass is 370 g/mol. The Balaban J connectivity index is 1.59. The van der Waals surface area contributed by atoms with E-state index in [1.54, 1.807) is 22.5 Å². The summed E-state index contributed by atoms with van der Waals surface area (Å²) in [5.74, 6) is 0.214. The molecule has 0 aliphatic carbocycles. The van der Waals surface area contributed by atoms with Gasteiger partial charge in [-0.2, -0.15) is 4.31 Å². The lowest BCUT2D eigenvalue weighted by Crippen LogP contribution is -2.39. The summed E-state index contributed by atoms with van der Waals surface area (Å²) in [7, 11) is -3.53. The van der Waals surface area contributed by atoms with Gasteiger partial charge >= 0.3 is 0 Å². The van der Waals surface area contributed by atoms with Crippen molar-refractivity contribution in [1.29, 1.82) is 0 Å². The number of hydrogen-bond acceptors (Lipinski definition) is 3. The van der Waals surface area contributed by atoms with Gasteiger partial charge in [0.2, 0.25) is 15.9 Å². The van der Waals surface area contributed by atoms with Crippen LogP contribution >= 0.6 is 0 Å². The highest BCUT2D eigenvalue weighted by atomic mass is 32.2. The Morgan fingerprint density at radius 2 is 1.85 bits per heavy atom. The van der Waals surface area contributed by atoms with Crippen LogP contribution in [-0.2, 0) is 21.2 Å². The second-order valence-corrected chi connectivity index (χ2v) is 8.92. The molecule has 1 atom stereocenters. The van der Waals surface area contributed by atoms with Crippen LogP contribution in [0.15, 0.2) is 53.4 Å². The maximum absolute atomic E-state index is 13.2. The number of nitrogens with zero attached hydrogens (tertiary/aromatic N) is 1. The molecule has 6 heteroatoms. The van der Waals surface area contributed by atoms with Crippen LogP contribution in [0.5, 0.6) is 0 Å². The molecule has 1 fully saturated rings.